The monoisotopic (exact) mass is 269 g/mol. The van der Waals surface area contributed by atoms with E-state index in [0.29, 0.717) is 6.07 Å². The predicted octanol–water partition coefficient (Wildman–Crippen LogP) is 3.43. The average Bonchev–Trinajstić information content (AvgIpc) is 2.07. The first-order chi connectivity index (χ1) is 6.43. The van der Waals surface area contributed by atoms with Crippen LogP contribution in [0.5, 0.6) is 0 Å². The van der Waals surface area contributed by atoms with E-state index >= 15 is 0 Å². The van der Waals surface area contributed by atoms with Gasteiger partial charge in [-0.15, -0.1) is 0 Å². The molecule has 0 saturated carbocycles. The van der Waals surface area contributed by atoms with Crippen molar-refractivity contribution in [2.24, 2.45) is 0 Å². The summed E-state index contributed by atoms with van der Waals surface area (Å²) in [5, 5.41) is 10.2. The van der Waals surface area contributed by atoms with Gasteiger partial charge in [0.1, 0.15) is 0 Å². The van der Waals surface area contributed by atoms with E-state index in [1.807, 2.05) is 0 Å². The molecule has 0 unspecified atom stereocenters. The summed E-state index contributed by atoms with van der Waals surface area (Å²) in [5.41, 5.74) is -1.44. The summed E-state index contributed by atoms with van der Waals surface area (Å²) in [6.45, 7) is 0. The molecule has 1 rings (SSSR count). The Labute approximate surface area is 84.8 Å². The third kappa shape index (κ3) is 2.03. The molecule has 76 valence electrons. The molecule has 0 heterocycles. The van der Waals surface area contributed by atoms with Crippen molar-refractivity contribution in [3.05, 3.63) is 38.1 Å². The highest BCUT2D eigenvalue weighted by molar-refractivity contribution is 9.10. The second kappa shape index (κ2) is 3.95. The maximum Gasteiger partial charge on any atom is 0.305 e. The lowest BCUT2D eigenvalue weighted by molar-refractivity contribution is -0.387. The minimum absolute atomic E-state index is 0.180. The maximum atomic E-state index is 12.8. The first-order valence-electron chi connectivity index (χ1n) is 3.35. The summed E-state index contributed by atoms with van der Waals surface area (Å²) >= 11 is 2.70. The van der Waals surface area contributed by atoms with Crippen LogP contribution in [0.4, 0.5) is 18.9 Å². The Morgan fingerprint density at radius 2 is 2.00 bits per heavy atom. The zero-order valence-electron chi connectivity index (χ0n) is 6.51. The fourth-order valence-corrected chi connectivity index (χ4v) is 1.36. The number of halogens is 4. The Kier molecular flexibility index (Phi) is 3.10. The van der Waals surface area contributed by atoms with Gasteiger partial charge in [0.25, 0.3) is 6.43 Å². The van der Waals surface area contributed by atoms with E-state index in [4.69, 9.17) is 0 Å². The van der Waals surface area contributed by atoms with Crippen LogP contribution in [0.1, 0.15) is 12.0 Å². The van der Waals surface area contributed by atoms with E-state index in [2.05, 4.69) is 15.9 Å². The van der Waals surface area contributed by atoms with Crippen molar-refractivity contribution in [1.29, 1.82) is 0 Å². The molecule has 0 atom stereocenters. The molecule has 0 aromatic heterocycles. The smallest absolute Gasteiger partial charge is 0.258 e. The second-order valence-corrected chi connectivity index (χ2v) is 3.24. The molecule has 3 nitrogen and oxygen atoms in total. The van der Waals surface area contributed by atoms with Crippen molar-refractivity contribution in [2.45, 2.75) is 6.43 Å². The van der Waals surface area contributed by atoms with Crippen molar-refractivity contribution >= 4 is 21.6 Å². The van der Waals surface area contributed by atoms with Crippen LogP contribution >= 0.6 is 15.9 Å². The number of hydrogen-bond acceptors (Lipinski definition) is 2. The van der Waals surface area contributed by atoms with Gasteiger partial charge >= 0.3 is 5.69 Å². The highest BCUT2D eigenvalue weighted by Crippen LogP contribution is 2.32. The topological polar surface area (TPSA) is 43.1 Å². The number of rotatable bonds is 2. The van der Waals surface area contributed by atoms with Gasteiger partial charge < -0.3 is 0 Å². The number of alkyl halides is 2. The molecule has 14 heavy (non-hydrogen) atoms. The molecule has 0 N–H and O–H groups in total. The van der Waals surface area contributed by atoms with Crippen LogP contribution in [-0.2, 0) is 0 Å². The van der Waals surface area contributed by atoms with E-state index in [9.17, 15) is 23.3 Å². The van der Waals surface area contributed by atoms with Gasteiger partial charge in [-0.3, -0.25) is 10.1 Å². The number of nitrogens with zero attached hydrogens (tertiary/aromatic N) is 1. The van der Waals surface area contributed by atoms with E-state index in [-0.39, 0.29) is 4.47 Å². The van der Waals surface area contributed by atoms with E-state index in [0.717, 1.165) is 6.07 Å². The molecule has 0 saturated heterocycles. The van der Waals surface area contributed by atoms with Crippen LogP contribution in [0.15, 0.2) is 16.6 Å². The molecule has 7 heteroatoms. The molecule has 0 bridgehead atoms. The Bertz CT molecular complexity index is 383. The fraction of sp³-hybridized carbons (Fsp3) is 0.143. The van der Waals surface area contributed by atoms with Gasteiger partial charge in [0, 0.05) is 16.1 Å². The van der Waals surface area contributed by atoms with Gasteiger partial charge in [-0.05, 0) is 6.07 Å². The molecule has 0 fully saturated rings. The first kappa shape index (κ1) is 11.0. The third-order valence-electron chi connectivity index (χ3n) is 1.50. The highest BCUT2D eigenvalue weighted by Gasteiger charge is 2.21. The van der Waals surface area contributed by atoms with Crippen LogP contribution in [0.3, 0.4) is 0 Å². The van der Waals surface area contributed by atoms with E-state index in [1.165, 1.54) is 0 Å². The number of hydrogen-bond donors (Lipinski definition) is 0. The lowest BCUT2D eigenvalue weighted by atomic mass is 10.2. The summed E-state index contributed by atoms with van der Waals surface area (Å²) < 4.78 is 37.0. The van der Waals surface area contributed by atoms with Gasteiger partial charge in [0.15, 0.2) is 0 Å². The average molecular weight is 270 g/mol. The lowest BCUT2D eigenvalue weighted by Gasteiger charge is -2.03. The number of nitro groups is 1. The molecule has 0 amide bonds. The maximum absolute atomic E-state index is 12.8. The summed E-state index contributed by atoms with van der Waals surface area (Å²) in [6.07, 6.45) is -2.88. The van der Waals surface area contributed by atoms with Crippen molar-refractivity contribution < 1.29 is 18.1 Å². The van der Waals surface area contributed by atoms with E-state index in [1.54, 1.807) is 0 Å². The van der Waals surface area contributed by atoms with Gasteiger partial charge in [-0.2, -0.15) is 4.39 Å². The van der Waals surface area contributed by atoms with Crippen LogP contribution in [0.2, 0.25) is 0 Å². The Hall–Kier alpha value is -1.11. The zero-order valence-corrected chi connectivity index (χ0v) is 8.09. The minimum atomic E-state index is -2.88. The number of benzene rings is 1. The van der Waals surface area contributed by atoms with Crippen LogP contribution < -0.4 is 0 Å². The van der Waals surface area contributed by atoms with Gasteiger partial charge in [-0.25, -0.2) is 8.78 Å². The van der Waals surface area contributed by atoms with Crippen molar-refractivity contribution in [3.63, 3.8) is 0 Å². The van der Waals surface area contributed by atoms with Crippen LogP contribution in [-0.4, -0.2) is 4.92 Å². The van der Waals surface area contributed by atoms with Gasteiger partial charge in [0.05, 0.1) is 4.92 Å². The molecule has 0 aliphatic rings. The largest absolute Gasteiger partial charge is 0.305 e. The Morgan fingerprint density at radius 3 is 2.43 bits per heavy atom. The Morgan fingerprint density at radius 1 is 1.43 bits per heavy atom. The molecule has 0 spiro atoms. The SMILES string of the molecule is O=[N+]([O-])c1cc(Br)c(C(F)F)cc1F. The van der Waals surface area contributed by atoms with Crippen LogP contribution in [0.25, 0.3) is 0 Å². The summed E-state index contributed by atoms with van der Waals surface area (Å²) in [7, 11) is 0. The third-order valence-corrected chi connectivity index (χ3v) is 2.18. The standard InChI is InChI=1S/C7H3BrF3NO2/c8-4-2-6(12(13)14)5(9)1-3(4)7(10)11/h1-2,7H. The minimum Gasteiger partial charge on any atom is -0.258 e. The van der Waals surface area contributed by atoms with Crippen molar-refractivity contribution in [2.75, 3.05) is 0 Å². The first-order valence-corrected chi connectivity index (χ1v) is 4.14. The molecule has 0 aliphatic carbocycles. The summed E-state index contributed by atoms with van der Waals surface area (Å²) in [6, 6.07) is 1.17. The Balaban J connectivity index is 3.31. The fourth-order valence-electron chi connectivity index (χ4n) is 0.859. The molecule has 0 radical (unpaired) electrons. The molecule has 1 aromatic rings. The predicted molar refractivity (Wildman–Crippen MR) is 45.7 cm³/mol. The zero-order chi connectivity index (χ0) is 10.9. The number of nitro benzene ring substituents is 1. The van der Waals surface area contributed by atoms with Crippen molar-refractivity contribution in [1.82, 2.24) is 0 Å². The quantitative estimate of drug-likeness (QED) is 0.610. The molecule has 1 aromatic carbocycles. The molecular weight excluding hydrogens is 267 g/mol. The highest BCUT2D eigenvalue weighted by atomic mass is 79.9. The molecular formula is C7H3BrF3NO2. The van der Waals surface area contributed by atoms with Crippen LogP contribution in [0, 0.1) is 15.9 Å². The second-order valence-electron chi connectivity index (χ2n) is 2.38. The van der Waals surface area contributed by atoms with E-state index < -0.39 is 28.4 Å². The normalized spacial score (nSPS) is 10.6. The molecule has 0 aliphatic heterocycles. The lowest BCUT2D eigenvalue weighted by Crippen LogP contribution is -1.96. The van der Waals surface area contributed by atoms with Crippen molar-refractivity contribution in [3.8, 4) is 0 Å². The summed E-state index contributed by atoms with van der Waals surface area (Å²) in [4.78, 5) is 9.24. The summed E-state index contributed by atoms with van der Waals surface area (Å²) in [5.74, 6) is -1.27. The van der Waals surface area contributed by atoms with Gasteiger partial charge in [-0.1, -0.05) is 15.9 Å². The van der Waals surface area contributed by atoms with Gasteiger partial charge in [0.2, 0.25) is 5.82 Å².